The lowest BCUT2D eigenvalue weighted by Gasteiger charge is -2.25. The number of amides is 4. The predicted molar refractivity (Wildman–Crippen MR) is 153 cm³/mol. The van der Waals surface area contributed by atoms with Gasteiger partial charge in [-0.3, -0.25) is 29.2 Å². The average molecular weight is 587 g/mol. The Labute approximate surface area is 238 Å². The van der Waals surface area contributed by atoms with Crippen LogP contribution in [0.1, 0.15) is 51.9 Å². The summed E-state index contributed by atoms with van der Waals surface area (Å²) in [6.07, 6.45) is 1.86. The van der Waals surface area contributed by atoms with E-state index < -0.39 is 53.8 Å². The Morgan fingerprint density at radius 2 is 1.10 bits per heavy atom. The van der Waals surface area contributed by atoms with Crippen molar-refractivity contribution in [1.82, 2.24) is 21.3 Å². The second kappa shape index (κ2) is 20.7. The van der Waals surface area contributed by atoms with E-state index in [4.69, 9.17) is 34.4 Å². The fourth-order valence-electron chi connectivity index (χ4n) is 3.50. The molecule has 0 bridgehead atoms. The number of carbonyl (C=O) groups excluding carboxylic acids is 4. The Morgan fingerprint density at radius 1 is 0.659 bits per heavy atom. The number of rotatable bonds is 21. The summed E-state index contributed by atoms with van der Waals surface area (Å²) in [4.78, 5) is 70.0. The minimum atomic E-state index is -1.28. The molecule has 41 heavy (non-hydrogen) atoms. The third-order valence-corrected chi connectivity index (χ3v) is 5.67. The Bertz CT molecular complexity index is 921. The molecule has 0 rings (SSSR count). The molecule has 0 aromatic carbocycles. The predicted octanol–water partition coefficient (Wildman–Crippen LogP) is -4.78. The van der Waals surface area contributed by atoms with Gasteiger partial charge in [0.25, 0.3) is 0 Å². The highest BCUT2D eigenvalue weighted by Gasteiger charge is 2.30. The van der Waals surface area contributed by atoms with Crippen LogP contribution >= 0.6 is 0 Å². The number of unbranched alkanes of at least 4 members (excludes halogenated alkanes) is 1. The highest BCUT2D eigenvalue weighted by molar-refractivity contribution is 5.95. The molecule has 18 heteroatoms. The maximum Gasteiger partial charge on any atom is 0.326 e. The molecule has 4 amide bonds. The number of guanidine groups is 2. The smallest absolute Gasteiger partial charge is 0.326 e. The second-order valence-electron chi connectivity index (χ2n) is 9.20. The van der Waals surface area contributed by atoms with Gasteiger partial charge < -0.3 is 60.8 Å². The van der Waals surface area contributed by atoms with Crippen molar-refractivity contribution >= 4 is 41.5 Å². The molecule has 0 aromatic heterocycles. The largest absolute Gasteiger partial charge is 0.480 e. The topological polar surface area (TPSA) is 335 Å². The van der Waals surface area contributed by atoms with E-state index in [1.54, 1.807) is 0 Å². The molecule has 0 heterocycles. The van der Waals surface area contributed by atoms with Crippen molar-refractivity contribution in [3.8, 4) is 0 Å². The van der Waals surface area contributed by atoms with Gasteiger partial charge in [0.2, 0.25) is 23.6 Å². The first-order valence-electron chi connectivity index (χ1n) is 13.3. The van der Waals surface area contributed by atoms with Crippen LogP contribution in [0.2, 0.25) is 0 Å². The lowest BCUT2D eigenvalue weighted by Crippen LogP contribution is -2.57. The highest BCUT2D eigenvalue weighted by atomic mass is 16.4. The number of carbonyl (C=O) groups is 5. The number of nitrogens with one attached hydrogen (secondary N) is 4. The molecule has 17 N–H and O–H groups in total. The van der Waals surface area contributed by atoms with Crippen LogP contribution in [0.15, 0.2) is 9.98 Å². The zero-order valence-electron chi connectivity index (χ0n) is 23.4. The van der Waals surface area contributed by atoms with Crippen LogP contribution in [-0.4, -0.2) is 97.0 Å². The number of hydrogen-bond acceptors (Lipinski definition) is 9. The van der Waals surface area contributed by atoms with E-state index in [1.807, 2.05) is 0 Å². The molecule has 18 nitrogen and oxygen atoms in total. The molecule has 0 aliphatic rings. The molecule has 0 spiro atoms. The summed E-state index contributed by atoms with van der Waals surface area (Å²) in [5.74, 6) is -4.22. The lowest BCUT2D eigenvalue weighted by atomic mass is 10.0. The van der Waals surface area contributed by atoms with E-state index in [1.165, 1.54) is 6.92 Å². The summed E-state index contributed by atoms with van der Waals surface area (Å²) >= 11 is 0. The first-order valence-corrected chi connectivity index (χ1v) is 13.3. The van der Waals surface area contributed by atoms with E-state index in [2.05, 4.69) is 31.3 Å². The molecular weight excluding hydrogens is 540 g/mol. The van der Waals surface area contributed by atoms with Crippen LogP contribution in [0.25, 0.3) is 0 Å². The zero-order chi connectivity index (χ0) is 31.4. The Hall–Kier alpha value is -4.19. The maximum atomic E-state index is 13.3. The van der Waals surface area contributed by atoms with Gasteiger partial charge in [-0.25, -0.2) is 4.79 Å². The van der Waals surface area contributed by atoms with Crippen LogP contribution in [-0.2, 0) is 24.0 Å². The number of nitrogens with zero attached hydrogens (tertiary/aromatic N) is 2. The highest BCUT2D eigenvalue weighted by Crippen LogP contribution is 2.07. The van der Waals surface area contributed by atoms with Gasteiger partial charge in [0.15, 0.2) is 11.9 Å². The van der Waals surface area contributed by atoms with E-state index in [9.17, 15) is 29.1 Å². The third-order valence-electron chi connectivity index (χ3n) is 5.67. The minimum Gasteiger partial charge on any atom is -0.480 e. The van der Waals surface area contributed by atoms with Crippen molar-refractivity contribution in [3.05, 3.63) is 0 Å². The molecule has 4 atom stereocenters. The van der Waals surface area contributed by atoms with Crippen molar-refractivity contribution in [2.24, 2.45) is 44.4 Å². The zero-order valence-corrected chi connectivity index (χ0v) is 23.4. The first-order chi connectivity index (χ1) is 19.3. The number of carboxylic acids is 1. The monoisotopic (exact) mass is 586 g/mol. The third kappa shape index (κ3) is 17.2. The Balaban J connectivity index is 5.70. The molecule has 0 unspecified atom stereocenters. The van der Waals surface area contributed by atoms with Crippen molar-refractivity contribution in [2.75, 3.05) is 26.2 Å². The minimum absolute atomic E-state index is 0.0245. The van der Waals surface area contributed by atoms with Gasteiger partial charge in [0.05, 0.1) is 6.54 Å². The average Bonchev–Trinajstić information content (AvgIpc) is 2.90. The molecule has 0 aromatic rings. The SMILES string of the molecule is C[C@H](NC(=O)CN)C(=O)N[C@@H](CCCCN)C(=O)N[C@@H](CCCN=C(N)N)C(=O)N[C@@H](CCCN=C(N)N)C(=O)O. The van der Waals surface area contributed by atoms with Crippen molar-refractivity contribution in [1.29, 1.82) is 0 Å². The lowest BCUT2D eigenvalue weighted by molar-refractivity contribution is -0.142. The molecule has 0 aliphatic carbocycles. The summed E-state index contributed by atoms with van der Waals surface area (Å²) in [6.45, 7) is 1.78. The molecule has 0 saturated carbocycles. The summed E-state index contributed by atoms with van der Waals surface area (Å²) in [7, 11) is 0. The first kappa shape index (κ1) is 36.8. The summed E-state index contributed by atoms with van der Waals surface area (Å²) in [5, 5.41) is 19.6. The van der Waals surface area contributed by atoms with Crippen LogP contribution in [0, 0.1) is 0 Å². The van der Waals surface area contributed by atoms with E-state index in [0.29, 0.717) is 19.4 Å². The van der Waals surface area contributed by atoms with Gasteiger partial charge in [-0.2, -0.15) is 0 Å². The maximum absolute atomic E-state index is 13.3. The normalized spacial score (nSPS) is 13.4. The van der Waals surface area contributed by atoms with Crippen LogP contribution in [0.3, 0.4) is 0 Å². The van der Waals surface area contributed by atoms with E-state index >= 15 is 0 Å². The van der Waals surface area contributed by atoms with Gasteiger partial charge in [0.1, 0.15) is 24.2 Å². The fraction of sp³-hybridized carbons (Fsp3) is 0.696. The summed E-state index contributed by atoms with van der Waals surface area (Å²) in [5.41, 5.74) is 32.0. The standard InChI is InChI=1S/C23H46N12O6/c1-13(32-17(36)12-25)18(37)33-14(6-2-3-9-24)19(38)34-15(7-4-10-30-22(26)27)20(39)35-16(21(40)41)8-5-11-31-23(28)29/h13-16H,2-12,24-25H2,1H3,(H,32,36)(H,33,37)(H,34,38)(H,35,39)(H,40,41)(H4,26,27,30)(H4,28,29,31)/t13-,14-,15-,16-/m0/s1. The number of carboxylic acid groups (broad SMARTS) is 1. The molecule has 0 radical (unpaired) electrons. The number of hydrogen-bond donors (Lipinski definition) is 11. The van der Waals surface area contributed by atoms with Gasteiger partial charge in [-0.15, -0.1) is 0 Å². The Morgan fingerprint density at radius 3 is 1.54 bits per heavy atom. The second-order valence-corrected chi connectivity index (χ2v) is 9.20. The van der Waals surface area contributed by atoms with Crippen LogP contribution < -0.4 is 55.7 Å². The van der Waals surface area contributed by atoms with Crippen molar-refractivity contribution in [3.63, 3.8) is 0 Å². The fourth-order valence-corrected chi connectivity index (χ4v) is 3.50. The molecular formula is C23H46N12O6. The van der Waals surface area contributed by atoms with Crippen molar-refractivity contribution < 1.29 is 29.1 Å². The van der Waals surface area contributed by atoms with Gasteiger partial charge in [-0.05, 0) is 58.4 Å². The van der Waals surface area contributed by atoms with Gasteiger partial charge >= 0.3 is 5.97 Å². The molecule has 0 fully saturated rings. The van der Waals surface area contributed by atoms with E-state index in [0.717, 1.165) is 0 Å². The summed E-state index contributed by atoms with van der Waals surface area (Å²) < 4.78 is 0. The van der Waals surface area contributed by atoms with Gasteiger partial charge in [-0.1, -0.05) is 0 Å². The molecule has 0 saturated heterocycles. The van der Waals surface area contributed by atoms with Gasteiger partial charge in [0, 0.05) is 13.1 Å². The van der Waals surface area contributed by atoms with Crippen molar-refractivity contribution in [2.45, 2.75) is 76.0 Å². The Kier molecular flexibility index (Phi) is 18.6. The number of aliphatic imine (C=N–C) groups is 2. The molecule has 234 valence electrons. The van der Waals surface area contributed by atoms with Crippen LogP contribution in [0.4, 0.5) is 0 Å². The number of nitrogens with two attached hydrogens (primary N) is 6. The number of aliphatic carboxylic acids is 1. The molecule has 0 aliphatic heterocycles. The quantitative estimate of drug-likeness (QED) is 0.0343. The van der Waals surface area contributed by atoms with Crippen LogP contribution in [0.5, 0.6) is 0 Å². The van der Waals surface area contributed by atoms with E-state index in [-0.39, 0.29) is 63.7 Å². The summed E-state index contributed by atoms with van der Waals surface area (Å²) in [6, 6.07) is -4.51.